The van der Waals surface area contributed by atoms with Gasteiger partial charge in [0.05, 0.1) is 5.75 Å². The highest BCUT2D eigenvalue weighted by Gasteiger charge is 2.37. The molecule has 1 aromatic carbocycles. The highest BCUT2D eigenvalue weighted by molar-refractivity contribution is 7.99. The predicted octanol–water partition coefficient (Wildman–Crippen LogP) is 3.18. The maximum Gasteiger partial charge on any atom is 0.451 e. The normalized spacial score (nSPS) is 11.6. The van der Waals surface area contributed by atoms with Gasteiger partial charge >= 0.3 is 6.18 Å². The van der Waals surface area contributed by atoms with Crippen LogP contribution in [0.1, 0.15) is 17.0 Å². The lowest BCUT2D eigenvalue weighted by atomic mass is 10.1. The minimum absolute atomic E-state index is 0.0351. The molecule has 0 unspecified atom stereocenters. The zero-order chi connectivity index (χ0) is 17.2. The second-order valence-electron chi connectivity index (χ2n) is 5.08. The van der Waals surface area contributed by atoms with Crippen molar-refractivity contribution in [2.24, 2.45) is 7.05 Å². The van der Waals surface area contributed by atoms with Crippen molar-refractivity contribution in [1.82, 2.24) is 14.8 Å². The van der Waals surface area contributed by atoms with Gasteiger partial charge in [0.1, 0.15) is 0 Å². The average Bonchev–Trinajstić information content (AvgIpc) is 2.76. The Morgan fingerprint density at radius 1 is 1.22 bits per heavy atom. The Hall–Kier alpha value is -2.03. The van der Waals surface area contributed by atoms with Gasteiger partial charge in [0, 0.05) is 12.7 Å². The molecular weight excluding hydrogens is 329 g/mol. The van der Waals surface area contributed by atoms with E-state index in [0.717, 1.165) is 27.5 Å². The molecule has 0 saturated carbocycles. The highest BCUT2D eigenvalue weighted by Crippen LogP contribution is 2.29. The molecule has 0 spiro atoms. The van der Waals surface area contributed by atoms with E-state index in [2.05, 4.69) is 15.5 Å². The third-order valence-electron chi connectivity index (χ3n) is 2.93. The number of nitrogens with zero attached hydrogens (tertiary/aromatic N) is 3. The van der Waals surface area contributed by atoms with Crippen molar-refractivity contribution in [2.45, 2.75) is 25.2 Å². The number of rotatable bonds is 4. The molecule has 1 amide bonds. The molecule has 1 aromatic heterocycles. The first-order valence-electron chi connectivity index (χ1n) is 6.64. The van der Waals surface area contributed by atoms with E-state index < -0.39 is 12.0 Å². The number of aromatic nitrogens is 3. The van der Waals surface area contributed by atoms with Crippen molar-refractivity contribution < 1.29 is 18.0 Å². The molecule has 23 heavy (non-hydrogen) atoms. The molecule has 0 radical (unpaired) electrons. The van der Waals surface area contributed by atoms with E-state index in [1.54, 1.807) is 0 Å². The van der Waals surface area contributed by atoms with Gasteiger partial charge < -0.3 is 9.88 Å². The Balaban J connectivity index is 1.98. The van der Waals surface area contributed by atoms with Crippen molar-refractivity contribution >= 4 is 23.4 Å². The van der Waals surface area contributed by atoms with Crippen LogP contribution in [-0.2, 0) is 18.0 Å². The molecule has 2 aromatic rings. The Bertz CT molecular complexity index is 707. The van der Waals surface area contributed by atoms with Crippen LogP contribution in [0.25, 0.3) is 0 Å². The number of aryl methyl sites for hydroxylation is 2. The van der Waals surface area contributed by atoms with Crippen LogP contribution in [0.2, 0.25) is 0 Å². The van der Waals surface area contributed by atoms with Gasteiger partial charge in [-0.1, -0.05) is 17.8 Å². The van der Waals surface area contributed by atoms with Crippen LogP contribution in [0.15, 0.2) is 23.4 Å². The van der Waals surface area contributed by atoms with Gasteiger partial charge in [-0.3, -0.25) is 4.79 Å². The van der Waals surface area contributed by atoms with Crippen LogP contribution in [-0.4, -0.2) is 26.4 Å². The van der Waals surface area contributed by atoms with E-state index in [-0.39, 0.29) is 16.8 Å². The second kappa shape index (κ2) is 6.61. The number of thioether (sulfide) groups is 1. The molecule has 0 aliphatic heterocycles. The van der Waals surface area contributed by atoms with Gasteiger partial charge in [0.15, 0.2) is 5.16 Å². The van der Waals surface area contributed by atoms with Crippen LogP contribution in [0.3, 0.4) is 0 Å². The number of hydrogen-bond acceptors (Lipinski definition) is 4. The number of carbonyl (C=O) groups excluding carboxylic acids is 1. The number of hydrogen-bond donors (Lipinski definition) is 1. The van der Waals surface area contributed by atoms with Gasteiger partial charge in [0.2, 0.25) is 11.7 Å². The Morgan fingerprint density at radius 3 is 2.35 bits per heavy atom. The van der Waals surface area contributed by atoms with Crippen molar-refractivity contribution in [3.05, 3.63) is 35.2 Å². The van der Waals surface area contributed by atoms with Crippen molar-refractivity contribution in [2.75, 3.05) is 11.1 Å². The zero-order valence-corrected chi connectivity index (χ0v) is 13.5. The number of halogens is 3. The van der Waals surface area contributed by atoms with Gasteiger partial charge in [0.25, 0.3) is 0 Å². The number of carbonyl (C=O) groups is 1. The van der Waals surface area contributed by atoms with Crippen molar-refractivity contribution in [1.29, 1.82) is 0 Å². The first-order valence-corrected chi connectivity index (χ1v) is 7.63. The molecule has 0 aliphatic rings. The monoisotopic (exact) mass is 344 g/mol. The number of nitrogens with one attached hydrogen (secondary N) is 1. The summed E-state index contributed by atoms with van der Waals surface area (Å²) in [7, 11) is 1.22. The molecular formula is C14H15F3N4OS. The zero-order valence-electron chi connectivity index (χ0n) is 12.7. The Morgan fingerprint density at radius 2 is 1.83 bits per heavy atom. The SMILES string of the molecule is Cc1cc(C)cc(NC(=O)CSc2nnc(C(F)(F)F)n2C)c1. The van der Waals surface area contributed by atoms with Gasteiger partial charge in [-0.15, -0.1) is 10.2 Å². The van der Waals surface area contributed by atoms with E-state index in [0.29, 0.717) is 5.69 Å². The minimum Gasteiger partial charge on any atom is -0.325 e. The maximum absolute atomic E-state index is 12.6. The molecule has 0 bridgehead atoms. The van der Waals surface area contributed by atoms with Crippen molar-refractivity contribution in [3.63, 3.8) is 0 Å². The summed E-state index contributed by atoms with van der Waals surface area (Å²) in [6, 6.07) is 5.61. The lowest BCUT2D eigenvalue weighted by molar-refractivity contribution is -0.147. The van der Waals surface area contributed by atoms with Crippen LogP contribution < -0.4 is 5.32 Å². The Kier molecular flexibility index (Phi) is 4.98. The van der Waals surface area contributed by atoms with Crippen LogP contribution in [0.4, 0.5) is 18.9 Å². The fourth-order valence-electron chi connectivity index (χ4n) is 2.06. The van der Waals surface area contributed by atoms with E-state index >= 15 is 0 Å². The smallest absolute Gasteiger partial charge is 0.325 e. The average molecular weight is 344 g/mol. The maximum atomic E-state index is 12.6. The number of anilines is 1. The standard InChI is InChI=1S/C14H15F3N4OS/c1-8-4-9(2)6-10(5-8)18-11(22)7-23-13-20-19-12(21(13)3)14(15,16)17/h4-6H,7H2,1-3H3,(H,18,22). The van der Waals surface area contributed by atoms with Crippen LogP contribution in [0, 0.1) is 13.8 Å². The summed E-state index contributed by atoms with van der Waals surface area (Å²) >= 11 is 0.897. The van der Waals surface area contributed by atoms with Gasteiger partial charge in [-0.05, 0) is 37.1 Å². The van der Waals surface area contributed by atoms with Gasteiger partial charge in [-0.2, -0.15) is 13.2 Å². The summed E-state index contributed by atoms with van der Waals surface area (Å²) in [6.07, 6.45) is -4.57. The van der Waals surface area contributed by atoms with Crippen molar-refractivity contribution in [3.8, 4) is 0 Å². The molecule has 0 fully saturated rings. The molecule has 9 heteroatoms. The number of alkyl halides is 3. The first kappa shape index (κ1) is 17.3. The molecule has 2 rings (SSSR count). The molecule has 124 valence electrons. The summed E-state index contributed by atoms with van der Waals surface area (Å²) in [5.41, 5.74) is 2.68. The third-order valence-corrected chi connectivity index (χ3v) is 3.95. The topological polar surface area (TPSA) is 59.8 Å². The summed E-state index contributed by atoms with van der Waals surface area (Å²) in [4.78, 5) is 11.9. The molecule has 5 nitrogen and oxygen atoms in total. The minimum atomic E-state index is -4.57. The quantitative estimate of drug-likeness (QED) is 0.866. The molecule has 0 aliphatic carbocycles. The number of benzene rings is 1. The van der Waals surface area contributed by atoms with Gasteiger partial charge in [-0.25, -0.2) is 0 Å². The third kappa shape index (κ3) is 4.47. The van der Waals surface area contributed by atoms with E-state index in [1.807, 2.05) is 32.0 Å². The van der Waals surface area contributed by atoms with E-state index in [4.69, 9.17) is 0 Å². The lowest BCUT2D eigenvalue weighted by Gasteiger charge is -2.08. The highest BCUT2D eigenvalue weighted by atomic mass is 32.2. The Labute approximate surface area is 135 Å². The largest absolute Gasteiger partial charge is 0.451 e. The van der Waals surface area contributed by atoms with E-state index in [9.17, 15) is 18.0 Å². The predicted molar refractivity (Wildman–Crippen MR) is 81.3 cm³/mol. The van der Waals surface area contributed by atoms with E-state index in [1.165, 1.54) is 7.05 Å². The molecule has 1 heterocycles. The summed E-state index contributed by atoms with van der Waals surface area (Å²) in [5, 5.41) is 9.32. The summed E-state index contributed by atoms with van der Waals surface area (Å²) < 4.78 is 38.7. The molecule has 1 N–H and O–H groups in total. The van der Waals surface area contributed by atoms with Crippen LogP contribution in [0.5, 0.6) is 0 Å². The summed E-state index contributed by atoms with van der Waals surface area (Å²) in [6.45, 7) is 3.82. The number of amides is 1. The molecule has 0 atom stereocenters. The first-order chi connectivity index (χ1) is 10.7. The molecule has 0 saturated heterocycles. The second-order valence-corrected chi connectivity index (χ2v) is 6.02. The van der Waals surface area contributed by atoms with Crippen LogP contribution >= 0.6 is 11.8 Å². The lowest BCUT2D eigenvalue weighted by Crippen LogP contribution is -2.15. The summed E-state index contributed by atoms with van der Waals surface area (Å²) in [5.74, 6) is -1.47. The fraction of sp³-hybridized carbons (Fsp3) is 0.357. The fourth-order valence-corrected chi connectivity index (χ4v) is 2.77.